The van der Waals surface area contributed by atoms with E-state index in [1.165, 1.54) is 42.5 Å². The molecule has 1 saturated carbocycles. The number of hydrazone groups is 1. The Bertz CT molecular complexity index is 531. The number of benzene rings is 1. The van der Waals surface area contributed by atoms with Crippen molar-refractivity contribution in [1.29, 1.82) is 0 Å². The third-order valence-corrected chi connectivity index (χ3v) is 4.48. The Labute approximate surface area is 117 Å². The number of anilines is 1. The highest BCUT2D eigenvalue weighted by Crippen LogP contribution is 2.25. The first-order chi connectivity index (χ1) is 9.42. The van der Waals surface area contributed by atoms with Crippen LogP contribution >= 0.6 is 11.3 Å². The average Bonchev–Trinajstić information content (AvgIpc) is 2.80. The van der Waals surface area contributed by atoms with Gasteiger partial charge in [-0.3, -0.25) is 5.43 Å². The molecule has 1 N–H and O–H groups in total. The normalized spacial score (nSPS) is 16.9. The topological polar surface area (TPSA) is 37.3 Å². The Hall–Kier alpha value is -1.42. The Kier molecular flexibility index (Phi) is 4.08. The highest BCUT2D eigenvalue weighted by Gasteiger charge is 2.06. The van der Waals surface area contributed by atoms with Gasteiger partial charge in [0.1, 0.15) is 0 Å². The molecule has 0 saturated heterocycles. The summed E-state index contributed by atoms with van der Waals surface area (Å²) in [4.78, 5) is 4.54. The van der Waals surface area contributed by atoms with Gasteiger partial charge >= 0.3 is 0 Å². The molecule has 0 radical (unpaired) electrons. The van der Waals surface area contributed by atoms with Gasteiger partial charge in [0.05, 0.1) is 10.2 Å². The van der Waals surface area contributed by atoms with Crippen LogP contribution in [0.4, 0.5) is 5.13 Å². The first-order valence-corrected chi connectivity index (χ1v) is 7.90. The predicted molar refractivity (Wildman–Crippen MR) is 83.0 cm³/mol. The van der Waals surface area contributed by atoms with E-state index < -0.39 is 0 Å². The van der Waals surface area contributed by atoms with Crippen molar-refractivity contribution in [2.24, 2.45) is 5.10 Å². The van der Waals surface area contributed by atoms with Crippen LogP contribution < -0.4 is 5.43 Å². The third kappa shape index (κ3) is 3.32. The summed E-state index contributed by atoms with van der Waals surface area (Å²) in [7, 11) is 0. The van der Waals surface area contributed by atoms with Crippen molar-refractivity contribution in [3.63, 3.8) is 0 Å². The van der Waals surface area contributed by atoms with E-state index in [1.807, 2.05) is 18.2 Å². The molecule has 0 bridgehead atoms. The molecule has 2 aromatic rings. The van der Waals surface area contributed by atoms with Gasteiger partial charge in [0.25, 0.3) is 0 Å². The summed E-state index contributed by atoms with van der Waals surface area (Å²) >= 11 is 1.67. The summed E-state index contributed by atoms with van der Waals surface area (Å²) in [6.45, 7) is 0. The molecule has 0 aliphatic heterocycles. The van der Waals surface area contributed by atoms with Gasteiger partial charge in [-0.25, -0.2) is 4.98 Å². The van der Waals surface area contributed by atoms with Crippen LogP contribution in [-0.2, 0) is 0 Å². The monoisotopic (exact) mass is 273 g/mol. The van der Waals surface area contributed by atoms with E-state index in [4.69, 9.17) is 0 Å². The van der Waals surface area contributed by atoms with E-state index in [0.29, 0.717) is 0 Å². The van der Waals surface area contributed by atoms with Crippen LogP contribution in [0.2, 0.25) is 0 Å². The number of nitrogens with one attached hydrogen (secondary N) is 1. The van der Waals surface area contributed by atoms with Gasteiger partial charge < -0.3 is 0 Å². The zero-order valence-electron chi connectivity index (χ0n) is 11.1. The lowest BCUT2D eigenvalue weighted by Gasteiger charge is -2.10. The highest BCUT2D eigenvalue weighted by molar-refractivity contribution is 7.22. The fourth-order valence-corrected chi connectivity index (χ4v) is 3.28. The number of para-hydroxylation sites is 1. The number of hydrogen-bond acceptors (Lipinski definition) is 4. The molecule has 0 unspecified atom stereocenters. The first kappa shape index (κ1) is 12.6. The number of hydrogen-bond donors (Lipinski definition) is 1. The molecule has 1 heterocycles. The van der Waals surface area contributed by atoms with E-state index in [9.17, 15) is 0 Å². The molecule has 0 spiro atoms. The number of fused-ring (bicyclic) bond motifs is 1. The van der Waals surface area contributed by atoms with Crippen LogP contribution in [0.25, 0.3) is 10.2 Å². The maximum absolute atomic E-state index is 4.56. The van der Waals surface area contributed by atoms with Crippen LogP contribution in [0.3, 0.4) is 0 Å². The Morgan fingerprint density at radius 1 is 1.00 bits per heavy atom. The van der Waals surface area contributed by atoms with Crippen molar-refractivity contribution in [2.75, 3.05) is 5.43 Å². The van der Waals surface area contributed by atoms with Crippen molar-refractivity contribution in [2.45, 2.75) is 44.9 Å². The van der Waals surface area contributed by atoms with Crippen LogP contribution in [-0.4, -0.2) is 10.7 Å². The van der Waals surface area contributed by atoms with Crippen molar-refractivity contribution in [3.05, 3.63) is 24.3 Å². The SMILES string of the molecule is c1ccc2sc(NN=C3CCCCCCC3)nc2c1. The van der Waals surface area contributed by atoms with Crippen LogP contribution in [0.1, 0.15) is 44.9 Å². The van der Waals surface area contributed by atoms with Gasteiger partial charge in [0.2, 0.25) is 5.13 Å². The predicted octanol–water partition coefficient (Wildman–Crippen LogP) is 4.81. The second kappa shape index (κ2) is 6.15. The fourth-order valence-electron chi connectivity index (χ4n) is 2.47. The molecule has 3 rings (SSSR count). The summed E-state index contributed by atoms with van der Waals surface area (Å²) in [6, 6.07) is 8.21. The molecule has 19 heavy (non-hydrogen) atoms. The summed E-state index contributed by atoms with van der Waals surface area (Å²) in [5, 5.41) is 5.46. The number of nitrogens with zero attached hydrogens (tertiary/aromatic N) is 2. The highest BCUT2D eigenvalue weighted by atomic mass is 32.1. The quantitative estimate of drug-likeness (QED) is 0.797. The largest absolute Gasteiger partial charge is 0.253 e. The molecule has 1 fully saturated rings. The van der Waals surface area contributed by atoms with Crippen molar-refractivity contribution in [1.82, 2.24) is 4.98 Å². The van der Waals surface area contributed by atoms with E-state index in [-0.39, 0.29) is 0 Å². The minimum absolute atomic E-state index is 0.899. The molecule has 1 aromatic heterocycles. The lowest BCUT2D eigenvalue weighted by Crippen LogP contribution is -2.05. The van der Waals surface area contributed by atoms with Crippen molar-refractivity contribution < 1.29 is 0 Å². The van der Waals surface area contributed by atoms with Gasteiger partial charge in [0.15, 0.2) is 0 Å². The van der Waals surface area contributed by atoms with Gasteiger partial charge in [-0.1, -0.05) is 42.7 Å². The summed E-state index contributed by atoms with van der Waals surface area (Å²) in [5.41, 5.74) is 5.50. The third-order valence-electron chi connectivity index (χ3n) is 3.53. The second-order valence-corrected chi connectivity index (χ2v) is 6.07. The van der Waals surface area contributed by atoms with E-state index in [0.717, 1.165) is 23.5 Å². The molecular weight excluding hydrogens is 254 g/mol. The molecule has 100 valence electrons. The zero-order chi connectivity index (χ0) is 12.9. The van der Waals surface area contributed by atoms with Crippen LogP contribution in [0.15, 0.2) is 29.4 Å². The molecule has 0 atom stereocenters. The molecule has 3 nitrogen and oxygen atoms in total. The Morgan fingerprint density at radius 3 is 2.53 bits per heavy atom. The van der Waals surface area contributed by atoms with Crippen LogP contribution in [0.5, 0.6) is 0 Å². The number of aromatic nitrogens is 1. The molecule has 1 aliphatic carbocycles. The van der Waals surface area contributed by atoms with Gasteiger partial charge in [-0.2, -0.15) is 5.10 Å². The Balaban J connectivity index is 1.69. The smallest absolute Gasteiger partial charge is 0.204 e. The maximum atomic E-state index is 4.56. The first-order valence-electron chi connectivity index (χ1n) is 7.09. The number of thiazole rings is 1. The van der Waals surface area contributed by atoms with Crippen molar-refractivity contribution in [3.8, 4) is 0 Å². The van der Waals surface area contributed by atoms with E-state index in [1.54, 1.807) is 11.3 Å². The minimum Gasteiger partial charge on any atom is -0.253 e. The summed E-state index contributed by atoms with van der Waals surface area (Å²) < 4.78 is 1.21. The fraction of sp³-hybridized carbons (Fsp3) is 0.467. The molecule has 1 aromatic carbocycles. The zero-order valence-corrected chi connectivity index (χ0v) is 11.9. The summed E-state index contributed by atoms with van der Waals surface area (Å²) in [6.07, 6.45) is 8.91. The maximum Gasteiger partial charge on any atom is 0.204 e. The average molecular weight is 273 g/mol. The Morgan fingerprint density at radius 2 is 1.74 bits per heavy atom. The van der Waals surface area contributed by atoms with Gasteiger partial charge in [-0.05, 0) is 37.8 Å². The van der Waals surface area contributed by atoms with Gasteiger partial charge in [-0.15, -0.1) is 0 Å². The van der Waals surface area contributed by atoms with E-state index >= 15 is 0 Å². The summed E-state index contributed by atoms with van der Waals surface area (Å²) in [5.74, 6) is 0. The lowest BCUT2D eigenvalue weighted by molar-refractivity contribution is 0.606. The second-order valence-electron chi connectivity index (χ2n) is 5.04. The van der Waals surface area contributed by atoms with E-state index in [2.05, 4.69) is 21.6 Å². The number of rotatable bonds is 2. The van der Waals surface area contributed by atoms with Crippen LogP contribution in [0, 0.1) is 0 Å². The molecular formula is C15H19N3S. The minimum atomic E-state index is 0.899. The molecule has 0 amide bonds. The van der Waals surface area contributed by atoms with Crippen molar-refractivity contribution >= 4 is 32.4 Å². The lowest BCUT2D eigenvalue weighted by atomic mass is 9.99. The molecule has 1 aliphatic rings. The molecule has 4 heteroatoms. The standard InChI is InChI=1S/C15H19N3S/c1-2-4-8-12(9-5-3-1)17-18-15-16-13-10-6-7-11-14(13)19-15/h6-7,10-11H,1-5,8-9H2,(H,16,18). The van der Waals surface area contributed by atoms with Gasteiger partial charge in [0, 0.05) is 5.71 Å².